The molecule has 0 radical (unpaired) electrons. The first-order valence-corrected chi connectivity index (χ1v) is 14.3. The van der Waals surface area contributed by atoms with Crippen LogP contribution in [0.15, 0.2) is 58.7 Å². The summed E-state index contributed by atoms with van der Waals surface area (Å²) in [5.74, 6) is -2.68. The number of amides is 2. The summed E-state index contributed by atoms with van der Waals surface area (Å²) in [6, 6.07) is 7.56. The van der Waals surface area contributed by atoms with Crippen molar-refractivity contribution >= 4 is 40.5 Å². The van der Waals surface area contributed by atoms with Gasteiger partial charge in [-0.25, -0.2) is 4.39 Å². The minimum Gasteiger partial charge on any atom is -0.398 e. The van der Waals surface area contributed by atoms with Crippen molar-refractivity contribution in [3.05, 3.63) is 86.6 Å². The van der Waals surface area contributed by atoms with E-state index in [0.29, 0.717) is 25.1 Å². The van der Waals surface area contributed by atoms with Crippen LogP contribution < -0.4 is 5.73 Å². The summed E-state index contributed by atoms with van der Waals surface area (Å²) in [5.41, 5.74) is 4.63. The Kier molecular flexibility index (Phi) is 8.52. The highest BCUT2D eigenvalue weighted by atomic mass is 35.5. The Morgan fingerprint density at radius 1 is 1.18 bits per heavy atom. The van der Waals surface area contributed by atoms with Crippen LogP contribution in [0, 0.1) is 16.6 Å². The van der Waals surface area contributed by atoms with Gasteiger partial charge >= 0.3 is 12.1 Å². The van der Waals surface area contributed by atoms with Crippen molar-refractivity contribution in [2.24, 2.45) is 21.8 Å². The lowest BCUT2D eigenvalue weighted by molar-refractivity contribution is -0.160. The summed E-state index contributed by atoms with van der Waals surface area (Å²) in [6.07, 6.45) is -4.14. The van der Waals surface area contributed by atoms with Crippen LogP contribution in [-0.2, 0) is 14.9 Å². The van der Waals surface area contributed by atoms with Crippen LogP contribution in [-0.4, -0.2) is 54.9 Å². The number of benzene rings is 2. The SMILES string of the molecule is C=C(N=C1CC(C(=O)N2CC(OC)C2)CCC1=C(N)c1ccc(C(=O)N=O)cc1F)c1c(Cl)cccc1C1(C(F)(F)F)CC1. The number of carbonyl (C=O) groups is 2. The molecule has 8 nitrogen and oxygen atoms in total. The van der Waals surface area contributed by atoms with Gasteiger partial charge in [-0.15, -0.1) is 4.91 Å². The lowest BCUT2D eigenvalue weighted by atomic mass is 9.81. The van der Waals surface area contributed by atoms with E-state index in [9.17, 15) is 27.7 Å². The number of likely N-dealkylation sites (tertiary alicyclic amines) is 1. The van der Waals surface area contributed by atoms with Crippen LogP contribution in [0.1, 0.15) is 59.2 Å². The van der Waals surface area contributed by atoms with Gasteiger partial charge in [0.25, 0.3) is 0 Å². The first-order chi connectivity index (χ1) is 20.8. The Bertz CT molecular complexity index is 1610. The van der Waals surface area contributed by atoms with E-state index in [1.165, 1.54) is 30.3 Å². The summed E-state index contributed by atoms with van der Waals surface area (Å²) in [7, 11) is 1.56. The van der Waals surface area contributed by atoms with E-state index in [0.717, 1.165) is 6.07 Å². The molecule has 2 N–H and O–H groups in total. The third-order valence-corrected chi connectivity index (χ3v) is 8.98. The quantitative estimate of drug-likeness (QED) is 0.280. The van der Waals surface area contributed by atoms with Crippen LogP contribution >= 0.6 is 11.6 Å². The van der Waals surface area contributed by atoms with Crippen molar-refractivity contribution in [3.8, 4) is 0 Å². The Hall–Kier alpha value is -3.90. The standard InChI is InChI=1S/C31H29ClF4N4O4/c1-16(26-22(4-3-5-23(26)32)30(10-11-30)31(34,35)36)38-25-13-18(29(42)40-14-19(15-40)44-2)7-9-21(25)27(37)20-8-6-17(12-24(20)33)28(41)39-43/h3-6,8,12,18-19H,1,7,9-11,13-15,37H2,2H3. The van der Waals surface area contributed by atoms with Gasteiger partial charge in [0.2, 0.25) is 5.91 Å². The van der Waals surface area contributed by atoms with E-state index < -0.39 is 29.2 Å². The van der Waals surface area contributed by atoms with Crippen molar-refractivity contribution in [1.82, 2.24) is 4.90 Å². The minimum atomic E-state index is -4.51. The van der Waals surface area contributed by atoms with Crippen molar-refractivity contribution in [2.45, 2.75) is 49.8 Å². The van der Waals surface area contributed by atoms with Crippen LogP contribution in [0.25, 0.3) is 11.4 Å². The number of ether oxygens (including phenoxy) is 1. The van der Waals surface area contributed by atoms with E-state index >= 15 is 4.39 Å². The average Bonchev–Trinajstić information content (AvgIpc) is 3.78. The molecule has 1 unspecified atom stereocenters. The molecule has 0 bridgehead atoms. The fourth-order valence-corrected chi connectivity index (χ4v) is 6.19. The van der Waals surface area contributed by atoms with Gasteiger partial charge in [-0.05, 0) is 61.1 Å². The molecular formula is C31H29ClF4N4O4. The number of allylic oxidation sites excluding steroid dienone is 1. The zero-order valence-corrected chi connectivity index (χ0v) is 24.5. The number of aliphatic imine (C=N–C) groups is 1. The average molecular weight is 633 g/mol. The Balaban J connectivity index is 1.57. The van der Waals surface area contributed by atoms with Crippen LogP contribution in [0.4, 0.5) is 17.6 Å². The van der Waals surface area contributed by atoms with E-state index in [4.69, 9.17) is 22.1 Å². The van der Waals surface area contributed by atoms with Gasteiger partial charge in [-0.3, -0.25) is 14.6 Å². The molecule has 2 amide bonds. The van der Waals surface area contributed by atoms with Gasteiger partial charge in [0.1, 0.15) is 5.82 Å². The van der Waals surface area contributed by atoms with Crippen molar-refractivity contribution in [3.63, 3.8) is 0 Å². The highest BCUT2D eigenvalue weighted by Gasteiger charge is 2.65. The number of hydrogen-bond acceptors (Lipinski definition) is 6. The molecule has 44 heavy (non-hydrogen) atoms. The molecule has 1 heterocycles. The monoisotopic (exact) mass is 632 g/mol. The molecule has 1 saturated heterocycles. The number of alkyl halides is 3. The zero-order chi connectivity index (χ0) is 32.0. The highest BCUT2D eigenvalue weighted by Crippen LogP contribution is 2.60. The van der Waals surface area contributed by atoms with Crippen LogP contribution in [0.3, 0.4) is 0 Å². The van der Waals surface area contributed by atoms with Crippen molar-refractivity contribution in [2.75, 3.05) is 20.2 Å². The predicted octanol–water partition coefficient (Wildman–Crippen LogP) is 6.42. The second-order valence-electron chi connectivity index (χ2n) is 11.3. The molecule has 2 aromatic rings. The maximum absolute atomic E-state index is 15.1. The topological polar surface area (TPSA) is 114 Å². The van der Waals surface area contributed by atoms with E-state index in [-0.39, 0.29) is 82.1 Å². The van der Waals surface area contributed by atoms with Gasteiger partial charge in [-0.2, -0.15) is 13.2 Å². The van der Waals surface area contributed by atoms with Crippen molar-refractivity contribution < 1.29 is 31.9 Å². The molecule has 2 aromatic carbocycles. The summed E-state index contributed by atoms with van der Waals surface area (Å²) < 4.78 is 62.9. The molecule has 1 atom stereocenters. The number of halogens is 5. The van der Waals surface area contributed by atoms with Gasteiger partial charge in [0.15, 0.2) is 0 Å². The van der Waals surface area contributed by atoms with Gasteiger partial charge in [-0.1, -0.05) is 30.3 Å². The molecule has 0 aromatic heterocycles. The third kappa shape index (κ3) is 5.68. The zero-order valence-electron chi connectivity index (χ0n) is 23.7. The van der Waals surface area contributed by atoms with E-state index in [1.807, 2.05) is 0 Å². The molecule has 0 spiro atoms. The molecular weight excluding hydrogens is 604 g/mol. The number of methoxy groups -OCH3 is 1. The summed E-state index contributed by atoms with van der Waals surface area (Å²) >= 11 is 6.45. The smallest absolute Gasteiger partial charge is 0.398 e. The van der Waals surface area contributed by atoms with E-state index in [2.05, 4.69) is 16.7 Å². The molecule has 3 aliphatic rings. The van der Waals surface area contributed by atoms with Gasteiger partial charge in [0, 0.05) is 65.8 Å². The van der Waals surface area contributed by atoms with Crippen molar-refractivity contribution in [1.29, 1.82) is 0 Å². The normalized spacial score (nSPS) is 21.9. The molecule has 2 saturated carbocycles. The highest BCUT2D eigenvalue weighted by molar-refractivity contribution is 6.32. The lowest BCUT2D eigenvalue weighted by Crippen LogP contribution is -2.56. The molecule has 2 aliphatic carbocycles. The van der Waals surface area contributed by atoms with Crippen LogP contribution in [0.2, 0.25) is 5.02 Å². The summed E-state index contributed by atoms with van der Waals surface area (Å²) in [6.45, 7) is 4.85. The number of carbonyl (C=O) groups excluding carboxylic acids is 2. The maximum atomic E-state index is 15.1. The molecule has 3 fully saturated rings. The minimum absolute atomic E-state index is 0.0324. The predicted molar refractivity (Wildman–Crippen MR) is 157 cm³/mol. The second kappa shape index (κ2) is 11.9. The lowest BCUT2D eigenvalue weighted by Gasteiger charge is -2.41. The maximum Gasteiger partial charge on any atom is 0.398 e. The fraction of sp³-hybridized carbons (Fsp3) is 0.387. The Morgan fingerprint density at radius 3 is 2.48 bits per heavy atom. The number of nitrogens with zero attached hydrogens (tertiary/aromatic N) is 3. The number of hydrogen-bond donors (Lipinski definition) is 1. The molecule has 1 aliphatic heterocycles. The number of nitrogens with two attached hydrogens (primary N) is 1. The number of nitroso groups, excluding NO2 is 1. The largest absolute Gasteiger partial charge is 0.398 e. The third-order valence-electron chi connectivity index (χ3n) is 8.67. The first kappa shape index (κ1) is 31.5. The molecule has 232 valence electrons. The van der Waals surface area contributed by atoms with Crippen LogP contribution in [0.5, 0.6) is 0 Å². The summed E-state index contributed by atoms with van der Waals surface area (Å²) in [5, 5.41) is 2.33. The fourth-order valence-electron chi connectivity index (χ4n) is 5.91. The molecule has 13 heteroatoms. The van der Waals surface area contributed by atoms with E-state index in [1.54, 1.807) is 12.0 Å². The van der Waals surface area contributed by atoms with Gasteiger partial charge in [0.05, 0.1) is 22.2 Å². The second-order valence-corrected chi connectivity index (χ2v) is 11.7. The summed E-state index contributed by atoms with van der Waals surface area (Å²) in [4.78, 5) is 41.9. The Labute approximate surface area is 255 Å². The van der Waals surface area contributed by atoms with Gasteiger partial charge < -0.3 is 15.4 Å². The Morgan fingerprint density at radius 2 is 1.89 bits per heavy atom. The molecule has 5 rings (SSSR count). The number of rotatable bonds is 7. The first-order valence-electron chi connectivity index (χ1n) is 13.9.